The molecule has 8 nitrogen and oxygen atoms in total. The fraction of sp³-hybridized carbons (Fsp3) is 0.250. The summed E-state index contributed by atoms with van der Waals surface area (Å²) in [4.78, 5) is 21.2. The van der Waals surface area contributed by atoms with Gasteiger partial charge in [0.1, 0.15) is 23.7 Å². The number of hydrogen-bond acceptors (Lipinski definition) is 7. The number of nitrogens with zero attached hydrogens (tertiary/aromatic N) is 3. The van der Waals surface area contributed by atoms with Gasteiger partial charge in [-0.2, -0.15) is 9.98 Å². The largest absolute Gasteiger partial charge is 0.361 e. The van der Waals surface area contributed by atoms with Crippen LogP contribution in [0.15, 0.2) is 59.8 Å². The first-order chi connectivity index (χ1) is 16.0. The van der Waals surface area contributed by atoms with Crippen LogP contribution in [0.5, 0.6) is 0 Å². The average molecular weight is 499 g/mol. The first-order valence-corrected chi connectivity index (χ1v) is 12.0. The zero-order valence-electron chi connectivity index (χ0n) is 19.0. The molecule has 3 aromatic rings. The van der Waals surface area contributed by atoms with E-state index in [1.54, 1.807) is 12.1 Å². The minimum atomic E-state index is -4.02. The van der Waals surface area contributed by atoms with Crippen molar-refractivity contribution in [2.24, 2.45) is 0 Å². The number of sulfonamides is 1. The molecule has 0 bridgehead atoms. The fourth-order valence-electron chi connectivity index (χ4n) is 3.16. The maximum atomic E-state index is 13.1. The molecule has 176 valence electrons. The van der Waals surface area contributed by atoms with Crippen LogP contribution in [0.25, 0.3) is 0 Å². The summed E-state index contributed by atoms with van der Waals surface area (Å²) in [6.07, 6.45) is 1.29. The second-order valence-electron chi connectivity index (χ2n) is 8.48. The van der Waals surface area contributed by atoms with Gasteiger partial charge >= 0.3 is 0 Å². The lowest BCUT2D eigenvalue weighted by Gasteiger charge is -2.21. The van der Waals surface area contributed by atoms with Gasteiger partial charge < -0.3 is 4.74 Å². The van der Waals surface area contributed by atoms with E-state index in [0.717, 1.165) is 5.56 Å². The average Bonchev–Trinajstić information content (AvgIpc) is 2.81. The number of nitrogens with one attached hydrogen (secondary N) is 1. The van der Waals surface area contributed by atoms with Crippen LogP contribution in [-0.2, 0) is 20.2 Å². The van der Waals surface area contributed by atoms with Gasteiger partial charge in [0.2, 0.25) is 15.8 Å². The van der Waals surface area contributed by atoms with Gasteiger partial charge in [0.05, 0.1) is 9.92 Å². The molecular formula is C24H23ClN4O4S. The normalized spacial score (nSPS) is 12.7. The molecule has 0 radical (unpaired) electrons. The Morgan fingerprint density at radius 3 is 2.32 bits per heavy atom. The molecule has 34 heavy (non-hydrogen) atoms. The standard InChI is InChI=1S/C24H23ClN4O4S/c1-24(2,3)16-6-9-19(10-7-16)34(31,32)29-23(33-4)20-11-17(25)14-28-21(20)22(30)15-5-8-18(12-26)27-13-15/h5-11,13-14,23,29H,1-4H3. The van der Waals surface area contributed by atoms with Crippen LogP contribution in [-0.4, -0.2) is 31.3 Å². The van der Waals surface area contributed by atoms with Gasteiger partial charge in [-0.1, -0.05) is 44.5 Å². The Kier molecular flexibility index (Phi) is 7.48. The molecule has 3 rings (SSSR count). The molecular weight excluding hydrogens is 476 g/mol. The van der Waals surface area contributed by atoms with Crippen LogP contribution >= 0.6 is 11.6 Å². The molecule has 0 amide bonds. The first kappa shape index (κ1) is 25.5. The number of carbonyl (C=O) groups is 1. The second-order valence-corrected chi connectivity index (χ2v) is 10.6. The number of pyridine rings is 2. The Labute approximate surface area is 203 Å². The first-order valence-electron chi connectivity index (χ1n) is 10.2. The number of methoxy groups -OCH3 is 1. The van der Waals surface area contributed by atoms with Crippen LogP contribution in [0.1, 0.15) is 59.9 Å². The number of nitriles is 1. The molecule has 1 atom stereocenters. The zero-order chi connectivity index (χ0) is 25.1. The maximum Gasteiger partial charge on any atom is 0.242 e. The molecule has 0 spiro atoms. The predicted octanol–water partition coefficient (Wildman–Crippen LogP) is 4.15. The summed E-state index contributed by atoms with van der Waals surface area (Å²) in [7, 11) is -2.72. The monoisotopic (exact) mass is 498 g/mol. The smallest absolute Gasteiger partial charge is 0.242 e. The van der Waals surface area contributed by atoms with E-state index in [-0.39, 0.29) is 37.8 Å². The number of halogens is 1. The third kappa shape index (κ3) is 5.66. The van der Waals surface area contributed by atoms with Gasteiger partial charge in [0.15, 0.2) is 0 Å². The number of aromatic nitrogens is 2. The number of hydrogen-bond donors (Lipinski definition) is 1. The van der Waals surface area contributed by atoms with Crippen LogP contribution in [0.3, 0.4) is 0 Å². The summed E-state index contributed by atoms with van der Waals surface area (Å²) in [6, 6.07) is 12.7. The minimum Gasteiger partial charge on any atom is -0.361 e. The molecule has 0 saturated heterocycles. The third-order valence-electron chi connectivity index (χ3n) is 5.05. The maximum absolute atomic E-state index is 13.1. The lowest BCUT2D eigenvalue weighted by atomic mass is 9.87. The van der Waals surface area contributed by atoms with E-state index in [9.17, 15) is 13.2 Å². The summed E-state index contributed by atoms with van der Waals surface area (Å²) in [6.45, 7) is 6.09. The van der Waals surface area contributed by atoms with E-state index in [0.29, 0.717) is 0 Å². The molecule has 0 fully saturated rings. The summed E-state index contributed by atoms with van der Waals surface area (Å²) in [5, 5.41) is 9.11. The van der Waals surface area contributed by atoms with E-state index in [4.69, 9.17) is 21.6 Å². The Hall–Kier alpha value is -3.16. The lowest BCUT2D eigenvalue weighted by molar-refractivity contribution is 0.0896. The van der Waals surface area contributed by atoms with E-state index >= 15 is 0 Å². The minimum absolute atomic E-state index is 0.0432. The summed E-state index contributed by atoms with van der Waals surface area (Å²) in [5.74, 6) is -0.528. The molecule has 2 heterocycles. The van der Waals surface area contributed by atoms with E-state index in [1.807, 2.05) is 26.8 Å². The highest BCUT2D eigenvalue weighted by Gasteiger charge is 2.27. The molecule has 1 unspecified atom stereocenters. The number of rotatable bonds is 7. The van der Waals surface area contributed by atoms with Crippen LogP contribution in [0.4, 0.5) is 0 Å². The van der Waals surface area contributed by atoms with Crippen molar-refractivity contribution in [1.82, 2.24) is 14.7 Å². The Morgan fingerprint density at radius 1 is 1.12 bits per heavy atom. The van der Waals surface area contributed by atoms with Crippen molar-refractivity contribution in [3.63, 3.8) is 0 Å². The Morgan fingerprint density at radius 2 is 1.79 bits per heavy atom. The van der Waals surface area contributed by atoms with Crippen molar-refractivity contribution in [2.75, 3.05) is 7.11 Å². The van der Waals surface area contributed by atoms with Gasteiger partial charge in [-0.3, -0.25) is 9.78 Å². The lowest BCUT2D eigenvalue weighted by Crippen LogP contribution is -2.31. The van der Waals surface area contributed by atoms with Crippen LogP contribution in [0.2, 0.25) is 5.02 Å². The van der Waals surface area contributed by atoms with E-state index < -0.39 is 22.0 Å². The third-order valence-corrected chi connectivity index (χ3v) is 6.67. The SMILES string of the molecule is COC(NS(=O)(=O)c1ccc(C(C)(C)C)cc1)c1cc(Cl)cnc1C(=O)c1ccc(C#N)nc1. The molecule has 0 aliphatic carbocycles. The van der Waals surface area contributed by atoms with E-state index in [2.05, 4.69) is 14.7 Å². The zero-order valence-corrected chi connectivity index (χ0v) is 20.6. The highest BCUT2D eigenvalue weighted by atomic mass is 35.5. The highest BCUT2D eigenvalue weighted by molar-refractivity contribution is 7.89. The van der Waals surface area contributed by atoms with Crippen molar-refractivity contribution in [3.05, 3.63) is 88.0 Å². The molecule has 0 aliphatic rings. The molecule has 0 aliphatic heterocycles. The summed E-state index contributed by atoms with van der Waals surface area (Å²) >= 11 is 6.10. The topological polar surface area (TPSA) is 122 Å². The summed E-state index contributed by atoms with van der Waals surface area (Å²) in [5.41, 5.74) is 1.25. The van der Waals surface area contributed by atoms with Gasteiger partial charge in [-0.15, -0.1) is 0 Å². The predicted molar refractivity (Wildman–Crippen MR) is 127 cm³/mol. The molecule has 2 aromatic heterocycles. The number of ketones is 1. The van der Waals surface area contributed by atoms with Gasteiger partial charge in [-0.05, 0) is 41.3 Å². The molecule has 1 aromatic carbocycles. The Balaban J connectivity index is 1.96. The van der Waals surface area contributed by atoms with Crippen molar-refractivity contribution in [1.29, 1.82) is 5.26 Å². The van der Waals surface area contributed by atoms with Gasteiger partial charge in [0, 0.05) is 30.6 Å². The van der Waals surface area contributed by atoms with Crippen molar-refractivity contribution >= 4 is 27.4 Å². The number of ether oxygens (including phenoxy) is 1. The van der Waals surface area contributed by atoms with E-state index in [1.165, 1.54) is 49.8 Å². The molecule has 10 heteroatoms. The molecule has 1 N–H and O–H groups in total. The highest BCUT2D eigenvalue weighted by Crippen LogP contribution is 2.27. The summed E-state index contributed by atoms with van der Waals surface area (Å²) < 4.78 is 34.0. The van der Waals surface area contributed by atoms with Gasteiger partial charge in [0.25, 0.3) is 0 Å². The quantitative estimate of drug-likeness (QED) is 0.383. The Bertz CT molecular complexity index is 1340. The van der Waals surface area contributed by atoms with Crippen molar-refractivity contribution < 1.29 is 17.9 Å². The fourth-order valence-corrected chi connectivity index (χ4v) is 4.46. The number of benzene rings is 1. The van der Waals surface area contributed by atoms with Crippen molar-refractivity contribution in [3.8, 4) is 6.07 Å². The van der Waals surface area contributed by atoms with Crippen LogP contribution < -0.4 is 4.72 Å². The van der Waals surface area contributed by atoms with Crippen molar-refractivity contribution in [2.45, 2.75) is 37.3 Å². The number of carbonyl (C=O) groups excluding carboxylic acids is 1. The van der Waals surface area contributed by atoms with Gasteiger partial charge in [-0.25, -0.2) is 13.4 Å². The van der Waals surface area contributed by atoms with Crippen LogP contribution in [0, 0.1) is 11.3 Å². The molecule has 0 saturated carbocycles. The second kappa shape index (κ2) is 9.99.